The highest BCUT2D eigenvalue weighted by Gasteiger charge is 2.15. The summed E-state index contributed by atoms with van der Waals surface area (Å²) in [5.41, 5.74) is 1.01. The summed E-state index contributed by atoms with van der Waals surface area (Å²) in [7, 11) is -3.84. The Labute approximate surface area is 138 Å². The van der Waals surface area contributed by atoms with E-state index in [4.69, 9.17) is 5.14 Å². The monoisotopic (exact) mass is 355 g/mol. The number of primary sulfonamides is 1. The van der Waals surface area contributed by atoms with Crippen LogP contribution in [0.15, 0.2) is 22.5 Å². The highest BCUT2D eigenvalue weighted by atomic mass is 32.2. The van der Waals surface area contributed by atoms with Crippen LogP contribution in [0.2, 0.25) is 0 Å². The van der Waals surface area contributed by atoms with E-state index in [1.807, 2.05) is 0 Å². The molecule has 1 amide bonds. The summed E-state index contributed by atoms with van der Waals surface area (Å²) in [4.78, 5) is 27.3. The van der Waals surface area contributed by atoms with Crippen molar-refractivity contribution in [3.05, 3.63) is 18.2 Å². The Morgan fingerprint density at radius 2 is 2.00 bits per heavy atom. The van der Waals surface area contributed by atoms with Crippen molar-refractivity contribution in [3.63, 3.8) is 0 Å². The fraction of sp³-hybridized carbons (Fsp3) is 0.357. The molecule has 9 heteroatoms. The molecule has 1 aromatic heterocycles. The van der Waals surface area contributed by atoms with Crippen LogP contribution in [0.3, 0.4) is 0 Å². The second kappa shape index (κ2) is 6.73. The fourth-order valence-corrected chi connectivity index (χ4v) is 3.55. The van der Waals surface area contributed by atoms with Crippen molar-refractivity contribution in [3.8, 4) is 0 Å². The normalized spacial score (nSPS) is 11.8. The molecule has 0 aliphatic rings. The molecular formula is C14H17N3O4S2. The first-order chi connectivity index (χ1) is 10.7. The van der Waals surface area contributed by atoms with Gasteiger partial charge in [0.15, 0.2) is 0 Å². The topological polar surface area (TPSA) is 119 Å². The van der Waals surface area contributed by atoms with Gasteiger partial charge in [0.1, 0.15) is 5.78 Å². The molecule has 0 fully saturated rings. The van der Waals surface area contributed by atoms with E-state index in [1.165, 1.54) is 0 Å². The number of ketones is 1. The summed E-state index contributed by atoms with van der Waals surface area (Å²) in [5, 5.41) is 7.73. The van der Waals surface area contributed by atoms with Gasteiger partial charge in [0.05, 0.1) is 10.2 Å². The molecule has 0 spiro atoms. The zero-order valence-corrected chi connectivity index (χ0v) is 14.3. The van der Waals surface area contributed by atoms with E-state index in [9.17, 15) is 18.0 Å². The number of anilines is 1. The fourth-order valence-electron chi connectivity index (χ4n) is 1.85. The quantitative estimate of drug-likeness (QED) is 0.820. The smallest absolute Gasteiger partial charge is 0.265 e. The lowest BCUT2D eigenvalue weighted by Crippen LogP contribution is -2.15. The largest absolute Gasteiger partial charge is 0.326 e. The van der Waals surface area contributed by atoms with Gasteiger partial charge in [-0.1, -0.05) is 13.8 Å². The van der Waals surface area contributed by atoms with Gasteiger partial charge in [-0.2, -0.15) is 0 Å². The van der Waals surface area contributed by atoms with E-state index < -0.39 is 10.0 Å². The number of thiazole rings is 1. The summed E-state index contributed by atoms with van der Waals surface area (Å²) >= 11 is 0.938. The third-order valence-electron chi connectivity index (χ3n) is 3.14. The third-order valence-corrected chi connectivity index (χ3v) is 5.48. The minimum Gasteiger partial charge on any atom is -0.326 e. The average molecular weight is 355 g/mol. The number of hydrogen-bond acceptors (Lipinski definition) is 6. The van der Waals surface area contributed by atoms with Crippen molar-refractivity contribution in [1.29, 1.82) is 0 Å². The summed E-state index contributed by atoms with van der Waals surface area (Å²) in [6.07, 6.45) is 0.308. The number of hydrogen-bond donors (Lipinski definition) is 2. The molecule has 124 valence electrons. The minimum atomic E-state index is -3.84. The van der Waals surface area contributed by atoms with E-state index in [0.717, 1.165) is 11.3 Å². The molecule has 0 bridgehead atoms. The van der Waals surface area contributed by atoms with Crippen LogP contribution in [0.5, 0.6) is 0 Å². The maximum Gasteiger partial charge on any atom is 0.265 e. The molecule has 7 nitrogen and oxygen atoms in total. The number of Topliss-reactive ketones (excluding diaryl/α,β-unsaturated/α-hetero) is 1. The predicted molar refractivity (Wildman–Crippen MR) is 88.7 cm³/mol. The van der Waals surface area contributed by atoms with Gasteiger partial charge in [0, 0.05) is 24.4 Å². The Hall–Kier alpha value is -1.84. The first kappa shape index (κ1) is 17.5. The van der Waals surface area contributed by atoms with Gasteiger partial charge in [-0.3, -0.25) is 9.59 Å². The number of fused-ring (bicyclic) bond motifs is 1. The van der Waals surface area contributed by atoms with Crippen LogP contribution in [0.4, 0.5) is 5.69 Å². The Morgan fingerprint density at radius 1 is 1.30 bits per heavy atom. The Morgan fingerprint density at radius 3 is 2.61 bits per heavy atom. The van der Waals surface area contributed by atoms with Gasteiger partial charge in [0.2, 0.25) is 10.2 Å². The van der Waals surface area contributed by atoms with E-state index in [-0.39, 0.29) is 34.8 Å². The SMILES string of the molecule is CC(C)C(=O)CCC(=O)Nc1ccc2nc(S(N)(=O)=O)sc2c1. The number of nitrogens with two attached hydrogens (primary N) is 1. The first-order valence-corrected chi connectivity index (χ1v) is 9.29. The lowest BCUT2D eigenvalue weighted by molar-refractivity contribution is -0.124. The molecule has 2 aromatic rings. The molecular weight excluding hydrogens is 338 g/mol. The molecule has 0 aliphatic heterocycles. The second-order valence-corrected chi connectivity index (χ2v) is 8.14. The van der Waals surface area contributed by atoms with E-state index in [2.05, 4.69) is 10.3 Å². The van der Waals surface area contributed by atoms with Crippen LogP contribution in [-0.2, 0) is 19.6 Å². The summed E-state index contributed by atoms with van der Waals surface area (Å²) < 4.78 is 23.0. The number of carbonyl (C=O) groups is 2. The molecule has 0 saturated carbocycles. The van der Waals surface area contributed by atoms with Crippen LogP contribution in [0.1, 0.15) is 26.7 Å². The number of rotatable bonds is 6. The lowest BCUT2D eigenvalue weighted by atomic mass is 10.0. The Kier molecular flexibility index (Phi) is 5.12. The van der Waals surface area contributed by atoms with Gasteiger partial charge in [-0.15, -0.1) is 11.3 Å². The maximum absolute atomic E-state index is 11.8. The zero-order valence-electron chi connectivity index (χ0n) is 12.7. The summed E-state index contributed by atoms with van der Waals surface area (Å²) in [5.74, 6) is -0.321. The van der Waals surface area contributed by atoms with Gasteiger partial charge >= 0.3 is 0 Å². The molecule has 0 radical (unpaired) electrons. The minimum absolute atomic E-state index is 0.0378. The van der Waals surface area contributed by atoms with Gasteiger partial charge < -0.3 is 5.32 Å². The van der Waals surface area contributed by atoms with E-state index in [0.29, 0.717) is 15.9 Å². The molecule has 0 saturated heterocycles. The second-order valence-electron chi connectivity index (χ2n) is 5.38. The number of aromatic nitrogens is 1. The molecule has 2 rings (SSSR count). The first-order valence-electron chi connectivity index (χ1n) is 6.93. The van der Waals surface area contributed by atoms with Crippen LogP contribution < -0.4 is 10.5 Å². The van der Waals surface area contributed by atoms with Crippen molar-refractivity contribution in [2.45, 2.75) is 31.0 Å². The van der Waals surface area contributed by atoms with Gasteiger partial charge in [0.25, 0.3) is 10.0 Å². The van der Waals surface area contributed by atoms with Crippen molar-refractivity contribution in [2.24, 2.45) is 11.1 Å². The Bertz CT molecular complexity index is 856. The Balaban J connectivity index is 2.09. The molecule has 1 aromatic carbocycles. The number of nitrogens with zero attached hydrogens (tertiary/aromatic N) is 1. The lowest BCUT2D eigenvalue weighted by Gasteiger charge is -2.06. The molecule has 0 unspecified atom stereocenters. The van der Waals surface area contributed by atoms with Crippen LogP contribution in [-0.4, -0.2) is 25.1 Å². The van der Waals surface area contributed by atoms with Crippen molar-refractivity contribution in [2.75, 3.05) is 5.32 Å². The number of sulfonamides is 1. The zero-order chi connectivity index (χ0) is 17.2. The standard InChI is InChI=1S/C14H17N3O4S2/c1-8(2)11(18)5-6-13(19)16-9-3-4-10-12(7-9)22-14(17-10)23(15,20)21/h3-4,7-8H,5-6H2,1-2H3,(H,16,19)(H2,15,20,21). The van der Waals surface area contributed by atoms with E-state index >= 15 is 0 Å². The number of benzene rings is 1. The average Bonchev–Trinajstić information content (AvgIpc) is 2.87. The van der Waals surface area contributed by atoms with Crippen molar-refractivity contribution < 1.29 is 18.0 Å². The van der Waals surface area contributed by atoms with Gasteiger partial charge in [-0.25, -0.2) is 18.5 Å². The van der Waals surface area contributed by atoms with Crippen LogP contribution in [0.25, 0.3) is 10.2 Å². The van der Waals surface area contributed by atoms with E-state index in [1.54, 1.807) is 32.0 Å². The van der Waals surface area contributed by atoms with Gasteiger partial charge in [-0.05, 0) is 18.2 Å². The number of nitrogens with one attached hydrogen (secondary N) is 1. The maximum atomic E-state index is 11.8. The molecule has 0 atom stereocenters. The highest BCUT2D eigenvalue weighted by Crippen LogP contribution is 2.27. The molecule has 23 heavy (non-hydrogen) atoms. The van der Waals surface area contributed by atoms with Crippen molar-refractivity contribution in [1.82, 2.24) is 4.98 Å². The molecule has 0 aliphatic carbocycles. The molecule has 1 heterocycles. The molecule has 3 N–H and O–H groups in total. The highest BCUT2D eigenvalue weighted by molar-refractivity contribution is 7.91. The summed E-state index contributed by atoms with van der Waals surface area (Å²) in [6, 6.07) is 4.86. The van der Waals surface area contributed by atoms with Crippen LogP contribution in [0, 0.1) is 5.92 Å². The van der Waals surface area contributed by atoms with Crippen LogP contribution >= 0.6 is 11.3 Å². The number of carbonyl (C=O) groups excluding carboxylic acids is 2. The predicted octanol–water partition coefficient (Wildman–Crippen LogP) is 1.89. The third kappa shape index (κ3) is 4.57. The van der Waals surface area contributed by atoms with Crippen molar-refractivity contribution >= 4 is 49.0 Å². The number of amides is 1. The summed E-state index contributed by atoms with van der Waals surface area (Å²) in [6.45, 7) is 3.59.